The number of aromatic nitrogens is 2. The highest BCUT2D eigenvalue weighted by Crippen LogP contribution is 2.28. The van der Waals surface area contributed by atoms with Gasteiger partial charge in [0.2, 0.25) is 5.95 Å². The number of hydrogen-bond acceptors (Lipinski definition) is 7. The van der Waals surface area contributed by atoms with Crippen molar-refractivity contribution in [1.29, 1.82) is 0 Å². The average Bonchev–Trinajstić information content (AvgIpc) is 3.43. The molecule has 2 fully saturated rings. The van der Waals surface area contributed by atoms with Gasteiger partial charge in [0.05, 0.1) is 5.69 Å². The van der Waals surface area contributed by atoms with E-state index in [4.69, 9.17) is 15.7 Å². The van der Waals surface area contributed by atoms with Crippen LogP contribution >= 0.6 is 0 Å². The van der Waals surface area contributed by atoms with Crippen molar-refractivity contribution in [2.24, 2.45) is 5.73 Å². The van der Waals surface area contributed by atoms with Crippen LogP contribution in [0, 0.1) is 0 Å². The maximum absolute atomic E-state index is 5.77. The molecular weight excluding hydrogens is 326 g/mol. The third-order valence-corrected chi connectivity index (χ3v) is 5.76. The van der Waals surface area contributed by atoms with Crippen LogP contribution in [0.25, 0.3) is 0 Å². The molecule has 144 valence electrons. The summed E-state index contributed by atoms with van der Waals surface area (Å²) in [7, 11) is 2.21. The Hall–Kier alpha value is -1.44. The van der Waals surface area contributed by atoms with Crippen LogP contribution in [0.1, 0.15) is 36.9 Å². The number of piperidine rings is 1. The Balaban J connectivity index is 1.56. The molecule has 7 heteroatoms. The van der Waals surface area contributed by atoms with E-state index in [1.807, 2.05) is 0 Å². The first-order valence-electron chi connectivity index (χ1n) is 10.2. The Labute approximate surface area is 156 Å². The van der Waals surface area contributed by atoms with Crippen molar-refractivity contribution < 1.29 is 0 Å². The van der Waals surface area contributed by atoms with E-state index in [9.17, 15) is 0 Å². The van der Waals surface area contributed by atoms with Gasteiger partial charge in [0, 0.05) is 56.8 Å². The largest absolute Gasteiger partial charge is 0.366 e. The maximum Gasteiger partial charge on any atom is 0.225 e. The Morgan fingerprint density at radius 2 is 1.88 bits per heavy atom. The lowest BCUT2D eigenvalue weighted by atomic mass is 10.0. The monoisotopic (exact) mass is 359 g/mol. The van der Waals surface area contributed by atoms with Gasteiger partial charge in [-0.05, 0) is 45.7 Å². The summed E-state index contributed by atoms with van der Waals surface area (Å²) in [6.07, 6.45) is 6.93. The molecule has 1 aromatic heterocycles. The van der Waals surface area contributed by atoms with Crippen LogP contribution in [-0.2, 0) is 12.8 Å². The topological polar surface area (TPSA) is 82.3 Å². The normalized spacial score (nSPS) is 24.8. The van der Waals surface area contributed by atoms with Crippen LogP contribution in [0.4, 0.5) is 11.8 Å². The second-order valence-electron chi connectivity index (χ2n) is 8.12. The predicted octanol–water partition coefficient (Wildman–Crippen LogP) is 0.916. The van der Waals surface area contributed by atoms with E-state index in [1.165, 1.54) is 43.5 Å². The molecule has 1 saturated carbocycles. The summed E-state index contributed by atoms with van der Waals surface area (Å²) in [5.41, 5.74) is 8.31. The van der Waals surface area contributed by atoms with Crippen LogP contribution in [0.3, 0.4) is 0 Å². The standard InChI is InChI=1S/C19H33N7/c1-25-9-2-3-15(13-25)21-18-16-6-10-26(12-8-20)11-7-17(16)23-19(24-18)22-14-4-5-14/h14-15H,2-13,20H2,1H3,(H2,21,22,23,24)/t15-/m0/s1. The van der Waals surface area contributed by atoms with Crippen LogP contribution in [0.2, 0.25) is 0 Å². The first-order valence-corrected chi connectivity index (χ1v) is 10.2. The van der Waals surface area contributed by atoms with Crippen molar-refractivity contribution in [3.63, 3.8) is 0 Å². The average molecular weight is 360 g/mol. The van der Waals surface area contributed by atoms with Gasteiger partial charge in [0.25, 0.3) is 0 Å². The van der Waals surface area contributed by atoms with Gasteiger partial charge >= 0.3 is 0 Å². The minimum Gasteiger partial charge on any atom is -0.366 e. The van der Waals surface area contributed by atoms with Crippen molar-refractivity contribution in [2.75, 3.05) is 56.9 Å². The number of rotatable bonds is 6. The number of hydrogen-bond donors (Lipinski definition) is 3. The lowest BCUT2D eigenvalue weighted by Gasteiger charge is -2.31. The summed E-state index contributed by atoms with van der Waals surface area (Å²) in [6, 6.07) is 1.05. The fraction of sp³-hybridized carbons (Fsp3) is 0.789. The SMILES string of the molecule is CN1CCC[C@H](Nc2nc(NC3CC3)nc3c2CCN(CCN)CC3)C1. The third-order valence-electron chi connectivity index (χ3n) is 5.76. The Kier molecular flexibility index (Phi) is 5.57. The molecule has 1 saturated heterocycles. The van der Waals surface area contributed by atoms with Crippen LogP contribution in [0.15, 0.2) is 0 Å². The van der Waals surface area contributed by atoms with Crippen molar-refractivity contribution in [3.05, 3.63) is 11.3 Å². The molecule has 4 rings (SSSR count). The first kappa shape index (κ1) is 17.9. The lowest BCUT2D eigenvalue weighted by Crippen LogP contribution is -2.40. The molecule has 4 N–H and O–H groups in total. The summed E-state index contributed by atoms with van der Waals surface area (Å²) in [5, 5.41) is 7.28. The molecule has 3 aliphatic rings. The van der Waals surface area contributed by atoms with Crippen LogP contribution in [0.5, 0.6) is 0 Å². The molecule has 7 nitrogen and oxygen atoms in total. The Morgan fingerprint density at radius 1 is 1.04 bits per heavy atom. The van der Waals surface area contributed by atoms with Crippen LogP contribution < -0.4 is 16.4 Å². The number of anilines is 2. The highest BCUT2D eigenvalue weighted by molar-refractivity contribution is 5.52. The smallest absolute Gasteiger partial charge is 0.225 e. The minimum atomic E-state index is 0.477. The zero-order chi connectivity index (χ0) is 17.9. The minimum absolute atomic E-state index is 0.477. The molecule has 0 spiro atoms. The maximum atomic E-state index is 5.77. The van der Waals surface area contributed by atoms with Gasteiger partial charge < -0.3 is 26.2 Å². The third kappa shape index (κ3) is 4.45. The van der Waals surface area contributed by atoms with Gasteiger partial charge in [-0.2, -0.15) is 4.98 Å². The van der Waals surface area contributed by atoms with Gasteiger partial charge in [-0.1, -0.05) is 0 Å². The predicted molar refractivity (Wildman–Crippen MR) is 106 cm³/mol. The molecule has 0 unspecified atom stereocenters. The number of likely N-dealkylation sites (N-methyl/N-ethyl adjacent to an activating group) is 1. The van der Waals surface area contributed by atoms with Crippen LogP contribution in [-0.4, -0.2) is 78.2 Å². The van der Waals surface area contributed by atoms with E-state index in [0.717, 1.165) is 57.3 Å². The summed E-state index contributed by atoms with van der Waals surface area (Å²) in [6.45, 7) is 6.05. The number of fused-ring (bicyclic) bond motifs is 1. The molecule has 2 aliphatic heterocycles. The molecule has 0 radical (unpaired) electrons. The fourth-order valence-electron chi connectivity index (χ4n) is 4.12. The molecule has 26 heavy (non-hydrogen) atoms. The van der Waals surface area contributed by atoms with Gasteiger partial charge in [0.15, 0.2) is 0 Å². The van der Waals surface area contributed by atoms with E-state index in [2.05, 4.69) is 27.5 Å². The molecule has 1 aliphatic carbocycles. The second kappa shape index (κ2) is 8.06. The lowest BCUT2D eigenvalue weighted by molar-refractivity contribution is 0.260. The first-order chi connectivity index (χ1) is 12.7. The molecule has 0 bridgehead atoms. The number of nitrogens with zero attached hydrogens (tertiary/aromatic N) is 4. The zero-order valence-electron chi connectivity index (χ0n) is 16.0. The molecule has 0 amide bonds. The zero-order valence-corrected chi connectivity index (χ0v) is 16.0. The van der Waals surface area contributed by atoms with E-state index >= 15 is 0 Å². The Bertz CT molecular complexity index is 616. The van der Waals surface area contributed by atoms with E-state index < -0.39 is 0 Å². The fourth-order valence-corrected chi connectivity index (χ4v) is 4.12. The van der Waals surface area contributed by atoms with E-state index in [-0.39, 0.29) is 0 Å². The molecule has 1 atom stereocenters. The highest BCUT2D eigenvalue weighted by atomic mass is 15.2. The summed E-state index contributed by atoms with van der Waals surface area (Å²) in [5.74, 6) is 1.87. The van der Waals surface area contributed by atoms with Gasteiger partial charge in [-0.25, -0.2) is 4.98 Å². The second-order valence-corrected chi connectivity index (χ2v) is 8.12. The van der Waals surface area contributed by atoms with Gasteiger partial charge in [0.1, 0.15) is 5.82 Å². The van der Waals surface area contributed by atoms with Crippen molar-refractivity contribution in [3.8, 4) is 0 Å². The van der Waals surface area contributed by atoms with E-state index in [0.29, 0.717) is 12.1 Å². The van der Waals surface area contributed by atoms with Gasteiger partial charge in [-0.3, -0.25) is 0 Å². The quantitative estimate of drug-likeness (QED) is 0.696. The number of nitrogens with one attached hydrogen (secondary N) is 2. The molecular formula is C19H33N7. The Morgan fingerprint density at radius 3 is 2.65 bits per heavy atom. The van der Waals surface area contributed by atoms with Crippen molar-refractivity contribution in [2.45, 2.75) is 50.6 Å². The van der Waals surface area contributed by atoms with E-state index in [1.54, 1.807) is 0 Å². The molecule has 1 aromatic rings. The highest BCUT2D eigenvalue weighted by Gasteiger charge is 2.26. The molecule has 0 aromatic carbocycles. The van der Waals surface area contributed by atoms with Gasteiger partial charge in [-0.15, -0.1) is 0 Å². The summed E-state index contributed by atoms with van der Waals surface area (Å²) >= 11 is 0. The van der Waals surface area contributed by atoms with Crippen molar-refractivity contribution in [1.82, 2.24) is 19.8 Å². The number of nitrogens with two attached hydrogens (primary N) is 1. The number of likely N-dealkylation sites (tertiary alicyclic amines) is 1. The summed E-state index contributed by atoms with van der Waals surface area (Å²) < 4.78 is 0. The molecule has 3 heterocycles. The summed E-state index contributed by atoms with van der Waals surface area (Å²) in [4.78, 5) is 14.7. The van der Waals surface area contributed by atoms with Crippen molar-refractivity contribution >= 4 is 11.8 Å².